The van der Waals surface area contributed by atoms with Crippen LogP contribution in [-0.2, 0) is 19.1 Å². The van der Waals surface area contributed by atoms with Gasteiger partial charge < -0.3 is 19.1 Å². The quantitative estimate of drug-likeness (QED) is 0.599. The van der Waals surface area contributed by atoms with Crippen LogP contribution in [0.15, 0.2) is 54.6 Å². The lowest BCUT2D eigenvalue weighted by molar-refractivity contribution is -0.153. The van der Waals surface area contributed by atoms with Crippen molar-refractivity contribution in [3.8, 4) is 5.75 Å². The molecule has 0 amide bonds. The van der Waals surface area contributed by atoms with Gasteiger partial charge in [-0.05, 0) is 24.3 Å². The Morgan fingerprint density at radius 2 is 1.42 bits per heavy atom. The molecule has 0 N–H and O–H groups in total. The van der Waals surface area contributed by atoms with Crippen molar-refractivity contribution in [2.24, 2.45) is 0 Å². The molecule has 0 radical (unpaired) electrons. The number of esters is 2. The van der Waals surface area contributed by atoms with Crippen LogP contribution < -0.4 is 9.64 Å². The molecule has 0 saturated carbocycles. The van der Waals surface area contributed by atoms with Crippen LogP contribution in [0.4, 0.5) is 11.4 Å². The topological polar surface area (TPSA) is 65.1 Å². The smallest absolute Gasteiger partial charge is 0.340 e. The Bertz CT molecular complexity index is 686. The van der Waals surface area contributed by atoms with Gasteiger partial charge in [0.15, 0.2) is 0 Å². The van der Waals surface area contributed by atoms with Crippen LogP contribution in [0.2, 0.25) is 0 Å². The molecule has 6 heteroatoms. The molecule has 0 aromatic heterocycles. The number of methoxy groups -OCH3 is 3. The van der Waals surface area contributed by atoms with Gasteiger partial charge in [0.2, 0.25) is 6.04 Å². The first-order chi connectivity index (χ1) is 11.6. The number of hydrogen-bond acceptors (Lipinski definition) is 6. The molecule has 0 saturated heterocycles. The van der Waals surface area contributed by atoms with Crippen LogP contribution in [0, 0.1) is 0 Å². The van der Waals surface area contributed by atoms with Crippen molar-refractivity contribution in [1.82, 2.24) is 0 Å². The van der Waals surface area contributed by atoms with E-state index < -0.39 is 18.0 Å². The number of anilines is 2. The Hall–Kier alpha value is -3.02. The van der Waals surface area contributed by atoms with Gasteiger partial charge in [-0.25, -0.2) is 9.59 Å². The van der Waals surface area contributed by atoms with Gasteiger partial charge >= 0.3 is 11.9 Å². The Morgan fingerprint density at radius 3 is 1.96 bits per heavy atom. The number of ether oxygens (including phenoxy) is 3. The van der Waals surface area contributed by atoms with Crippen molar-refractivity contribution in [3.63, 3.8) is 0 Å². The zero-order valence-electron chi connectivity index (χ0n) is 13.8. The third-order valence-electron chi connectivity index (χ3n) is 3.47. The monoisotopic (exact) mass is 329 g/mol. The highest BCUT2D eigenvalue weighted by Crippen LogP contribution is 2.31. The maximum Gasteiger partial charge on any atom is 0.340 e. The minimum Gasteiger partial charge on any atom is -0.497 e. The fraction of sp³-hybridized carbons (Fsp3) is 0.222. The highest BCUT2D eigenvalue weighted by Gasteiger charge is 2.36. The van der Waals surface area contributed by atoms with Crippen molar-refractivity contribution in [3.05, 3.63) is 54.6 Å². The minimum atomic E-state index is -1.27. The second-order valence-electron chi connectivity index (χ2n) is 4.86. The molecule has 0 spiro atoms. The Morgan fingerprint density at radius 1 is 0.833 bits per heavy atom. The maximum absolute atomic E-state index is 12.3. The van der Waals surface area contributed by atoms with E-state index in [4.69, 9.17) is 14.2 Å². The lowest BCUT2D eigenvalue weighted by Crippen LogP contribution is -2.45. The van der Waals surface area contributed by atoms with Crippen LogP contribution in [-0.4, -0.2) is 39.3 Å². The van der Waals surface area contributed by atoms with Crippen LogP contribution in [0.5, 0.6) is 5.75 Å². The van der Waals surface area contributed by atoms with Crippen LogP contribution >= 0.6 is 0 Å². The van der Waals surface area contributed by atoms with Gasteiger partial charge in [0.1, 0.15) is 5.75 Å². The standard InChI is InChI=1S/C18H19NO5/c1-22-15-11-7-10-14(12-15)19(13-8-5-4-6-9-13)16(17(20)23-2)18(21)24-3/h4-12,16H,1-3H3. The molecule has 24 heavy (non-hydrogen) atoms. The summed E-state index contributed by atoms with van der Waals surface area (Å²) in [6.07, 6.45) is 0. The predicted molar refractivity (Wildman–Crippen MR) is 89.4 cm³/mol. The van der Waals surface area contributed by atoms with Crippen molar-refractivity contribution >= 4 is 23.3 Å². The van der Waals surface area contributed by atoms with Crippen molar-refractivity contribution in [2.75, 3.05) is 26.2 Å². The van der Waals surface area contributed by atoms with Crippen LogP contribution in [0.25, 0.3) is 0 Å². The summed E-state index contributed by atoms with van der Waals surface area (Å²) < 4.78 is 14.8. The summed E-state index contributed by atoms with van der Waals surface area (Å²) in [4.78, 5) is 26.1. The molecular weight excluding hydrogens is 310 g/mol. The van der Waals surface area contributed by atoms with Gasteiger partial charge in [-0.15, -0.1) is 0 Å². The van der Waals surface area contributed by atoms with Crippen molar-refractivity contribution < 1.29 is 23.8 Å². The van der Waals surface area contributed by atoms with Gasteiger partial charge in [-0.2, -0.15) is 0 Å². The Balaban J connectivity index is 2.60. The molecule has 126 valence electrons. The number of rotatable bonds is 6. The van der Waals surface area contributed by atoms with E-state index >= 15 is 0 Å². The average Bonchev–Trinajstić information content (AvgIpc) is 2.65. The molecule has 0 bridgehead atoms. The zero-order chi connectivity index (χ0) is 17.5. The summed E-state index contributed by atoms with van der Waals surface area (Å²) in [6, 6.07) is 14.8. The van der Waals surface area contributed by atoms with Gasteiger partial charge in [0.25, 0.3) is 0 Å². The van der Waals surface area contributed by atoms with E-state index in [0.29, 0.717) is 17.1 Å². The first-order valence-corrected chi connectivity index (χ1v) is 7.26. The molecule has 2 aromatic carbocycles. The lowest BCUT2D eigenvalue weighted by Gasteiger charge is -2.30. The van der Waals surface area contributed by atoms with Crippen LogP contribution in [0.3, 0.4) is 0 Å². The van der Waals surface area contributed by atoms with Gasteiger partial charge in [0.05, 0.1) is 21.3 Å². The average molecular weight is 329 g/mol. The van der Waals surface area contributed by atoms with E-state index in [-0.39, 0.29) is 0 Å². The molecule has 6 nitrogen and oxygen atoms in total. The normalized spacial score (nSPS) is 10.2. The molecule has 0 aliphatic rings. The third-order valence-corrected chi connectivity index (χ3v) is 3.47. The van der Waals surface area contributed by atoms with Crippen molar-refractivity contribution in [1.29, 1.82) is 0 Å². The summed E-state index contributed by atoms with van der Waals surface area (Å²) in [5.74, 6) is -0.830. The summed E-state index contributed by atoms with van der Waals surface area (Å²) in [5.41, 5.74) is 1.24. The van der Waals surface area contributed by atoms with E-state index in [9.17, 15) is 9.59 Å². The summed E-state index contributed by atoms with van der Waals surface area (Å²) >= 11 is 0. The fourth-order valence-electron chi connectivity index (χ4n) is 2.33. The summed E-state index contributed by atoms with van der Waals surface area (Å²) in [6.45, 7) is 0. The molecule has 0 fully saturated rings. The number of carbonyl (C=O) groups is 2. The predicted octanol–water partition coefficient (Wildman–Crippen LogP) is 2.55. The molecule has 0 unspecified atom stereocenters. The molecular formula is C18H19NO5. The lowest BCUT2D eigenvalue weighted by atomic mass is 10.1. The number of carbonyl (C=O) groups excluding carboxylic acids is 2. The zero-order valence-corrected chi connectivity index (χ0v) is 13.8. The number of hydrogen-bond donors (Lipinski definition) is 0. The Kier molecular flexibility index (Phi) is 5.78. The molecule has 0 aliphatic heterocycles. The minimum absolute atomic E-state index is 0.598. The van der Waals surface area contributed by atoms with E-state index in [0.717, 1.165) is 0 Å². The number of benzene rings is 2. The van der Waals surface area contributed by atoms with Gasteiger partial charge in [0, 0.05) is 17.4 Å². The molecule has 2 rings (SSSR count). The third kappa shape index (κ3) is 3.65. The molecule has 0 atom stereocenters. The summed E-state index contributed by atoms with van der Waals surface area (Å²) in [5, 5.41) is 0. The van der Waals surface area contributed by atoms with Crippen LogP contribution in [0.1, 0.15) is 0 Å². The van der Waals surface area contributed by atoms with Crippen molar-refractivity contribution in [2.45, 2.75) is 6.04 Å². The first kappa shape index (κ1) is 17.3. The molecule has 2 aromatic rings. The SMILES string of the molecule is COC(=O)C(C(=O)OC)N(c1ccccc1)c1cccc(OC)c1. The van der Waals surface area contributed by atoms with E-state index in [1.54, 1.807) is 48.4 Å². The molecule has 0 heterocycles. The second-order valence-corrected chi connectivity index (χ2v) is 4.86. The highest BCUT2D eigenvalue weighted by atomic mass is 16.5. The highest BCUT2D eigenvalue weighted by molar-refractivity contribution is 6.04. The Labute approximate surface area is 140 Å². The largest absolute Gasteiger partial charge is 0.497 e. The number of nitrogens with zero attached hydrogens (tertiary/aromatic N) is 1. The number of para-hydroxylation sites is 1. The van der Waals surface area contributed by atoms with E-state index in [2.05, 4.69) is 0 Å². The first-order valence-electron chi connectivity index (χ1n) is 7.26. The van der Waals surface area contributed by atoms with Gasteiger partial charge in [-0.3, -0.25) is 0 Å². The van der Waals surface area contributed by atoms with E-state index in [1.165, 1.54) is 14.2 Å². The molecule has 0 aliphatic carbocycles. The van der Waals surface area contributed by atoms with Gasteiger partial charge in [-0.1, -0.05) is 24.3 Å². The summed E-state index contributed by atoms with van der Waals surface area (Å²) in [7, 11) is 4.00. The second kappa shape index (κ2) is 8.01. The fourth-order valence-corrected chi connectivity index (χ4v) is 2.33. The van der Waals surface area contributed by atoms with E-state index in [1.807, 2.05) is 18.2 Å². The maximum atomic E-state index is 12.3.